The zero-order valence-electron chi connectivity index (χ0n) is 13.0. The van der Waals surface area contributed by atoms with Crippen molar-refractivity contribution in [3.8, 4) is 0 Å². The summed E-state index contributed by atoms with van der Waals surface area (Å²) in [6.45, 7) is 1.44. The summed E-state index contributed by atoms with van der Waals surface area (Å²) in [5, 5.41) is 0. The summed E-state index contributed by atoms with van der Waals surface area (Å²) < 4.78 is 5.03. The van der Waals surface area contributed by atoms with Crippen molar-refractivity contribution < 1.29 is 19.1 Å². The van der Waals surface area contributed by atoms with Crippen LogP contribution in [0.2, 0.25) is 0 Å². The second kappa shape index (κ2) is 7.13. The fraction of sp³-hybridized carbons (Fsp3) is 0.235. The van der Waals surface area contributed by atoms with Crippen LogP contribution in [0.15, 0.2) is 48.1 Å². The van der Waals surface area contributed by atoms with E-state index in [1.54, 1.807) is 24.3 Å². The Bertz CT molecular complexity index is 689. The van der Waals surface area contributed by atoms with Crippen molar-refractivity contribution in [2.24, 2.45) is 5.73 Å². The Morgan fingerprint density at radius 3 is 2.43 bits per heavy atom. The van der Waals surface area contributed by atoms with Gasteiger partial charge >= 0.3 is 0 Å². The molecule has 1 aromatic carbocycles. The van der Waals surface area contributed by atoms with Crippen LogP contribution in [0.3, 0.4) is 0 Å². The van der Waals surface area contributed by atoms with Gasteiger partial charge in [-0.05, 0) is 35.9 Å². The van der Waals surface area contributed by atoms with E-state index >= 15 is 0 Å². The molecule has 1 unspecified atom stereocenters. The van der Waals surface area contributed by atoms with Gasteiger partial charge in [0.2, 0.25) is 5.91 Å². The van der Waals surface area contributed by atoms with Gasteiger partial charge in [-0.2, -0.15) is 0 Å². The maximum absolute atomic E-state index is 11.9. The van der Waals surface area contributed by atoms with Gasteiger partial charge in [-0.3, -0.25) is 14.4 Å². The summed E-state index contributed by atoms with van der Waals surface area (Å²) in [4.78, 5) is 36.6. The van der Waals surface area contributed by atoms with Crippen LogP contribution in [-0.2, 0) is 19.1 Å². The minimum atomic E-state index is -0.541. The van der Waals surface area contributed by atoms with Crippen LogP contribution in [0, 0.1) is 0 Å². The Morgan fingerprint density at radius 2 is 1.87 bits per heavy atom. The zero-order chi connectivity index (χ0) is 17.0. The SMILES string of the molecule is COC(N)c1ccc(N(CC2=CC(=O)C=CC2=O)C(C)=O)cc1. The fourth-order valence-corrected chi connectivity index (χ4v) is 2.21. The van der Waals surface area contributed by atoms with Crippen LogP contribution >= 0.6 is 0 Å². The van der Waals surface area contributed by atoms with Crippen molar-refractivity contribution in [2.75, 3.05) is 18.6 Å². The van der Waals surface area contributed by atoms with E-state index in [0.29, 0.717) is 5.69 Å². The quantitative estimate of drug-likeness (QED) is 0.653. The number of methoxy groups -OCH3 is 1. The van der Waals surface area contributed by atoms with E-state index in [1.165, 1.54) is 37.2 Å². The van der Waals surface area contributed by atoms with E-state index in [2.05, 4.69) is 0 Å². The van der Waals surface area contributed by atoms with E-state index in [-0.39, 0.29) is 29.6 Å². The van der Waals surface area contributed by atoms with Gasteiger partial charge in [-0.25, -0.2) is 0 Å². The lowest BCUT2D eigenvalue weighted by Gasteiger charge is -2.23. The summed E-state index contributed by atoms with van der Waals surface area (Å²) in [5.41, 5.74) is 7.42. The second-order valence-electron chi connectivity index (χ2n) is 5.12. The first-order valence-corrected chi connectivity index (χ1v) is 7.05. The van der Waals surface area contributed by atoms with Crippen LogP contribution in [0.1, 0.15) is 18.7 Å². The molecule has 0 aromatic heterocycles. The normalized spacial score (nSPS) is 15.3. The molecule has 1 atom stereocenters. The molecule has 0 aliphatic heterocycles. The number of allylic oxidation sites excluding steroid dienone is 3. The van der Waals surface area contributed by atoms with Gasteiger partial charge in [0, 0.05) is 25.3 Å². The van der Waals surface area contributed by atoms with E-state index in [4.69, 9.17) is 10.5 Å². The summed E-state index contributed by atoms with van der Waals surface area (Å²) >= 11 is 0. The lowest BCUT2D eigenvalue weighted by Crippen LogP contribution is -2.33. The highest BCUT2D eigenvalue weighted by molar-refractivity contribution is 6.18. The highest BCUT2D eigenvalue weighted by atomic mass is 16.5. The molecule has 1 aliphatic rings. The van der Waals surface area contributed by atoms with Crippen LogP contribution in [-0.4, -0.2) is 31.1 Å². The number of anilines is 1. The molecule has 2 rings (SSSR count). The Balaban J connectivity index is 2.24. The number of hydrogen-bond acceptors (Lipinski definition) is 5. The van der Waals surface area contributed by atoms with Gasteiger partial charge in [-0.1, -0.05) is 12.1 Å². The van der Waals surface area contributed by atoms with Gasteiger partial charge in [0.1, 0.15) is 6.23 Å². The van der Waals surface area contributed by atoms with Crippen molar-refractivity contribution in [3.63, 3.8) is 0 Å². The van der Waals surface area contributed by atoms with Crippen LogP contribution in [0.25, 0.3) is 0 Å². The third kappa shape index (κ3) is 4.00. The predicted octanol–water partition coefficient (Wildman–Crippen LogP) is 1.28. The number of carbonyl (C=O) groups is 3. The molecular weight excluding hydrogens is 296 g/mol. The largest absolute Gasteiger partial charge is 0.363 e. The Hall–Kier alpha value is -2.57. The van der Waals surface area contributed by atoms with Crippen molar-refractivity contribution in [2.45, 2.75) is 13.2 Å². The highest BCUT2D eigenvalue weighted by Gasteiger charge is 2.20. The minimum absolute atomic E-state index is 0.0416. The molecular formula is C17H18N2O4. The summed E-state index contributed by atoms with van der Waals surface area (Å²) in [6, 6.07) is 6.95. The number of amides is 1. The first kappa shape index (κ1) is 16.8. The monoisotopic (exact) mass is 314 g/mol. The molecule has 6 nitrogen and oxygen atoms in total. The van der Waals surface area contributed by atoms with E-state index in [9.17, 15) is 14.4 Å². The number of ether oxygens (including phenoxy) is 1. The predicted molar refractivity (Wildman–Crippen MR) is 85.6 cm³/mol. The molecule has 0 bridgehead atoms. The van der Waals surface area contributed by atoms with Crippen LogP contribution in [0.5, 0.6) is 0 Å². The van der Waals surface area contributed by atoms with Crippen molar-refractivity contribution in [1.82, 2.24) is 0 Å². The summed E-state index contributed by atoms with van der Waals surface area (Å²) in [5.74, 6) is -0.761. The van der Waals surface area contributed by atoms with E-state index < -0.39 is 6.23 Å². The van der Waals surface area contributed by atoms with Crippen molar-refractivity contribution in [1.29, 1.82) is 0 Å². The maximum Gasteiger partial charge on any atom is 0.224 e. The van der Waals surface area contributed by atoms with Gasteiger partial charge < -0.3 is 15.4 Å². The van der Waals surface area contributed by atoms with Crippen molar-refractivity contribution in [3.05, 3.63) is 53.6 Å². The number of benzene rings is 1. The summed E-state index contributed by atoms with van der Waals surface area (Å²) in [7, 11) is 1.51. The third-order valence-corrected chi connectivity index (χ3v) is 3.53. The molecule has 2 N–H and O–H groups in total. The average Bonchev–Trinajstić information content (AvgIpc) is 2.54. The Kier molecular flexibility index (Phi) is 5.20. The standard InChI is InChI=1S/C17H18N2O4/c1-11(20)19(10-13-9-15(21)7-8-16(13)22)14-5-3-12(4-6-14)17(18)23-2/h3-9,17H,10,18H2,1-2H3. The summed E-state index contributed by atoms with van der Waals surface area (Å²) in [6.07, 6.45) is 3.15. The van der Waals surface area contributed by atoms with Gasteiger partial charge in [0.15, 0.2) is 11.6 Å². The average molecular weight is 314 g/mol. The molecule has 1 amide bonds. The number of carbonyl (C=O) groups excluding carboxylic acids is 3. The first-order chi connectivity index (χ1) is 10.9. The van der Waals surface area contributed by atoms with Crippen LogP contribution < -0.4 is 10.6 Å². The lowest BCUT2D eigenvalue weighted by atomic mass is 10.0. The fourth-order valence-electron chi connectivity index (χ4n) is 2.21. The number of hydrogen-bond donors (Lipinski definition) is 1. The molecule has 23 heavy (non-hydrogen) atoms. The molecule has 0 heterocycles. The Morgan fingerprint density at radius 1 is 1.22 bits per heavy atom. The van der Waals surface area contributed by atoms with E-state index in [0.717, 1.165) is 5.56 Å². The molecule has 0 spiro atoms. The van der Waals surface area contributed by atoms with Gasteiger partial charge in [0.05, 0.1) is 6.54 Å². The topological polar surface area (TPSA) is 89.7 Å². The molecule has 0 saturated heterocycles. The van der Waals surface area contributed by atoms with E-state index in [1.807, 2.05) is 0 Å². The first-order valence-electron chi connectivity index (χ1n) is 7.05. The number of ketones is 2. The number of nitrogens with two attached hydrogens (primary N) is 1. The molecule has 6 heteroatoms. The second-order valence-corrected chi connectivity index (χ2v) is 5.12. The minimum Gasteiger partial charge on any atom is -0.363 e. The highest BCUT2D eigenvalue weighted by Crippen LogP contribution is 2.21. The van der Waals surface area contributed by atoms with Gasteiger partial charge in [-0.15, -0.1) is 0 Å². The molecule has 1 aliphatic carbocycles. The number of rotatable bonds is 5. The molecule has 0 fully saturated rings. The molecule has 0 saturated carbocycles. The van der Waals surface area contributed by atoms with Crippen molar-refractivity contribution >= 4 is 23.2 Å². The molecule has 1 aromatic rings. The molecule has 120 valence electrons. The maximum atomic E-state index is 11.9. The van der Waals surface area contributed by atoms with Crippen LogP contribution in [0.4, 0.5) is 5.69 Å². The molecule has 0 radical (unpaired) electrons. The smallest absolute Gasteiger partial charge is 0.224 e. The third-order valence-electron chi connectivity index (χ3n) is 3.53. The van der Waals surface area contributed by atoms with Gasteiger partial charge in [0.25, 0.3) is 0 Å². The zero-order valence-corrected chi connectivity index (χ0v) is 13.0. The Labute approximate surface area is 134 Å². The number of nitrogens with zero attached hydrogens (tertiary/aromatic N) is 1. The lowest BCUT2D eigenvalue weighted by molar-refractivity contribution is -0.116.